The van der Waals surface area contributed by atoms with E-state index >= 15 is 0 Å². The standard InChI is InChI=1S/C15H23N3O2/c1-11-8-18(9-12(2)17(11)3)15(19)10-20-14-6-4-13(16)5-7-14/h4-7,11-12H,8-10,16H2,1-3H3. The highest BCUT2D eigenvalue weighted by Gasteiger charge is 2.29. The third-order valence-corrected chi connectivity index (χ3v) is 3.95. The molecule has 1 saturated heterocycles. The molecule has 2 atom stereocenters. The topological polar surface area (TPSA) is 58.8 Å². The molecule has 110 valence electrons. The fourth-order valence-electron chi connectivity index (χ4n) is 2.41. The van der Waals surface area contributed by atoms with Gasteiger partial charge in [0.25, 0.3) is 5.91 Å². The number of ether oxygens (including phenoxy) is 1. The van der Waals surface area contributed by atoms with Crippen molar-refractivity contribution >= 4 is 11.6 Å². The van der Waals surface area contributed by atoms with Crippen molar-refractivity contribution in [1.82, 2.24) is 9.80 Å². The molecule has 1 fully saturated rings. The van der Waals surface area contributed by atoms with Crippen LogP contribution >= 0.6 is 0 Å². The van der Waals surface area contributed by atoms with Crippen molar-refractivity contribution in [1.29, 1.82) is 0 Å². The van der Waals surface area contributed by atoms with E-state index in [1.807, 2.05) is 4.90 Å². The molecule has 0 saturated carbocycles. The molecule has 0 aromatic heterocycles. The van der Waals surface area contributed by atoms with Gasteiger partial charge in [-0.1, -0.05) is 0 Å². The summed E-state index contributed by atoms with van der Waals surface area (Å²) in [5, 5.41) is 0. The molecular weight excluding hydrogens is 254 g/mol. The summed E-state index contributed by atoms with van der Waals surface area (Å²) in [6, 6.07) is 7.83. The van der Waals surface area contributed by atoms with E-state index in [0.717, 1.165) is 13.1 Å². The number of carbonyl (C=O) groups excluding carboxylic acids is 1. The van der Waals surface area contributed by atoms with Gasteiger partial charge in [-0.15, -0.1) is 0 Å². The maximum Gasteiger partial charge on any atom is 0.260 e. The Kier molecular flexibility index (Phi) is 4.49. The van der Waals surface area contributed by atoms with Crippen LogP contribution < -0.4 is 10.5 Å². The molecule has 2 N–H and O–H groups in total. The summed E-state index contributed by atoms with van der Waals surface area (Å²) in [6.45, 7) is 5.86. The van der Waals surface area contributed by atoms with Crippen LogP contribution in [0.1, 0.15) is 13.8 Å². The van der Waals surface area contributed by atoms with E-state index in [2.05, 4.69) is 25.8 Å². The van der Waals surface area contributed by atoms with E-state index < -0.39 is 0 Å². The first kappa shape index (κ1) is 14.7. The van der Waals surface area contributed by atoms with E-state index in [4.69, 9.17) is 10.5 Å². The molecule has 1 aromatic carbocycles. The maximum atomic E-state index is 12.2. The molecule has 1 aliphatic rings. The second-order valence-corrected chi connectivity index (χ2v) is 5.52. The molecule has 0 spiro atoms. The van der Waals surface area contributed by atoms with Crippen LogP contribution in [0, 0.1) is 0 Å². The molecule has 20 heavy (non-hydrogen) atoms. The number of piperazine rings is 1. The monoisotopic (exact) mass is 277 g/mol. The number of carbonyl (C=O) groups is 1. The predicted molar refractivity (Wildman–Crippen MR) is 79.6 cm³/mol. The number of hydrogen-bond acceptors (Lipinski definition) is 4. The third-order valence-electron chi connectivity index (χ3n) is 3.95. The smallest absolute Gasteiger partial charge is 0.260 e. The van der Waals surface area contributed by atoms with Crippen LogP contribution in [-0.2, 0) is 4.79 Å². The van der Waals surface area contributed by atoms with Gasteiger partial charge in [0.1, 0.15) is 5.75 Å². The molecular formula is C15H23N3O2. The lowest BCUT2D eigenvalue weighted by molar-refractivity contribution is -0.137. The zero-order valence-corrected chi connectivity index (χ0v) is 12.4. The average Bonchev–Trinajstić information content (AvgIpc) is 2.43. The second kappa shape index (κ2) is 6.13. The van der Waals surface area contributed by atoms with Crippen molar-refractivity contribution in [3.8, 4) is 5.75 Å². The number of likely N-dealkylation sites (N-methyl/N-ethyl adjacent to an activating group) is 1. The fourth-order valence-corrected chi connectivity index (χ4v) is 2.41. The van der Waals surface area contributed by atoms with Gasteiger partial charge >= 0.3 is 0 Å². The Hall–Kier alpha value is -1.75. The van der Waals surface area contributed by atoms with Crippen LogP contribution in [-0.4, -0.2) is 54.5 Å². The number of hydrogen-bond donors (Lipinski definition) is 1. The number of nitrogens with zero attached hydrogens (tertiary/aromatic N) is 2. The molecule has 5 nitrogen and oxygen atoms in total. The van der Waals surface area contributed by atoms with E-state index in [9.17, 15) is 4.79 Å². The highest BCUT2D eigenvalue weighted by Crippen LogP contribution is 2.15. The van der Waals surface area contributed by atoms with Crippen LogP contribution in [0.2, 0.25) is 0 Å². The van der Waals surface area contributed by atoms with Gasteiger partial charge < -0.3 is 15.4 Å². The molecule has 1 aliphatic heterocycles. The zero-order valence-electron chi connectivity index (χ0n) is 12.4. The van der Waals surface area contributed by atoms with Gasteiger partial charge in [-0.25, -0.2) is 0 Å². The van der Waals surface area contributed by atoms with E-state index in [1.165, 1.54) is 0 Å². The molecule has 2 rings (SSSR count). The van der Waals surface area contributed by atoms with Gasteiger partial charge in [-0.2, -0.15) is 0 Å². The van der Waals surface area contributed by atoms with Gasteiger partial charge in [0.2, 0.25) is 0 Å². The summed E-state index contributed by atoms with van der Waals surface area (Å²) < 4.78 is 5.51. The highest BCUT2D eigenvalue weighted by atomic mass is 16.5. The molecule has 1 aromatic rings. The number of benzene rings is 1. The Morgan fingerprint density at radius 3 is 2.35 bits per heavy atom. The number of nitrogen functional groups attached to an aromatic ring is 1. The summed E-state index contributed by atoms with van der Waals surface area (Å²) in [7, 11) is 2.10. The molecule has 0 radical (unpaired) electrons. The van der Waals surface area contributed by atoms with Crippen molar-refractivity contribution in [2.24, 2.45) is 0 Å². The van der Waals surface area contributed by atoms with Crippen molar-refractivity contribution < 1.29 is 9.53 Å². The lowest BCUT2D eigenvalue weighted by Crippen LogP contribution is -2.57. The van der Waals surface area contributed by atoms with Crippen molar-refractivity contribution in [3.63, 3.8) is 0 Å². The predicted octanol–water partition coefficient (Wildman–Crippen LogP) is 1.20. The first-order valence-electron chi connectivity index (χ1n) is 6.95. The number of nitrogens with two attached hydrogens (primary N) is 1. The van der Waals surface area contributed by atoms with Gasteiger partial charge in [-0.05, 0) is 45.2 Å². The molecule has 1 amide bonds. The van der Waals surface area contributed by atoms with Gasteiger partial charge in [-0.3, -0.25) is 9.69 Å². The lowest BCUT2D eigenvalue weighted by Gasteiger charge is -2.42. The minimum Gasteiger partial charge on any atom is -0.484 e. The van der Waals surface area contributed by atoms with Crippen molar-refractivity contribution in [3.05, 3.63) is 24.3 Å². The maximum absolute atomic E-state index is 12.2. The van der Waals surface area contributed by atoms with Gasteiger partial charge in [0.15, 0.2) is 6.61 Å². The van der Waals surface area contributed by atoms with Crippen molar-refractivity contribution in [2.75, 3.05) is 32.5 Å². The average molecular weight is 277 g/mol. The fraction of sp³-hybridized carbons (Fsp3) is 0.533. The summed E-state index contributed by atoms with van der Waals surface area (Å²) in [5.41, 5.74) is 6.29. The Labute approximate surface area is 120 Å². The number of amides is 1. The quantitative estimate of drug-likeness (QED) is 0.843. The largest absolute Gasteiger partial charge is 0.484 e. The van der Waals surface area contributed by atoms with Crippen LogP contribution in [0.3, 0.4) is 0 Å². The number of rotatable bonds is 3. The Bertz CT molecular complexity index is 449. The first-order valence-corrected chi connectivity index (χ1v) is 6.95. The molecule has 5 heteroatoms. The lowest BCUT2D eigenvalue weighted by atomic mass is 10.1. The Balaban J connectivity index is 1.87. The SMILES string of the molecule is CC1CN(C(=O)COc2ccc(N)cc2)CC(C)N1C. The van der Waals surface area contributed by atoms with Crippen molar-refractivity contribution in [2.45, 2.75) is 25.9 Å². The minimum atomic E-state index is 0.0358. The minimum absolute atomic E-state index is 0.0358. The summed E-state index contributed by atoms with van der Waals surface area (Å²) in [4.78, 5) is 16.4. The zero-order chi connectivity index (χ0) is 14.7. The number of anilines is 1. The van der Waals surface area contributed by atoms with Crippen LogP contribution in [0.25, 0.3) is 0 Å². The van der Waals surface area contributed by atoms with E-state index in [-0.39, 0.29) is 12.5 Å². The summed E-state index contributed by atoms with van der Waals surface area (Å²) in [5.74, 6) is 0.705. The highest BCUT2D eigenvalue weighted by molar-refractivity contribution is 5.78. The summed E-state index contributed by atoms with van der Waals surface area (Å²) in [6.07, 6.45) is 0. The van der Waals surface area contributed by atoms with Crippen LogP contribution in [0.15, 0.2) is 24.3 Å². The molecule has 0 bridgehead atoms. The molecule has 1 heterocycles. The Morgan fingerprint density at radius 1 is 1.25 bits per heavy atom. The molecule has 0 aliphatic carbocycles. The Morgan fingerprint density at radius 2 is 1.80 bits per heavy atom. The van der Waals surface area contributed by atoms with E-state index in [1.54, 1.807) is 24.3 Å². The second-order valence-electron chi connectivity index (χ2n) is 5.52. The third kappa shape index (κ3) is 3.42. The van der Waals surface area contributed by atoms with Crippen LogP contribution in [0.5, 0.6) is 5.75 Å². The van der Waals surface area contributed by atoms with E-state index in [0.29, 0.717) is 23.5 Å². The van der Waals surface area contributed by atoms with Gasteiger partial charge in [0, 0.05) is 30.9 Å². The van der Waals surface area contributed by atoms with Gasteiger partial charge in [0.05, 0.1) is 0 Å². The molecule has 2 unspecified atom stereocenters. The summed E-state index contributed by atoms with van der Waals surface area (Å²) >= 11 is 0. The normalized spacial score (nSPS) is 23.6. The first-order chi connectivity index (χ1) is 9.47. The van der Waals surface area contributed by atoms with Crippen LogP contribution in [0.4, 0.5) is 5.69 Å².